The van der Waals surface area contributed by atoms with Gasteiger partial charge in [-0.3, -0.25) is 9.59 Å². The first-order valence-electron chi connectivity index (χ1n) is 6.83. The van der Waals surface area contributed by atoms with Crippen LogP contribution in [0.2, 0.25) is 0 Å². The molecule has 0 aliphatic carbocycles. The zero-order chi connectivity index (χ0) is 15.9. The lowest BCUT2D eigenvalue weighted by Gasteiger charge is -2.07. The number of anilines is 1. The molecule has 0 bridgehead atoms. The Morgan fingerprint density at radius 1 is 1.05 bits per heavy atom. The van der Waals surface area contributed by atoms with Gasteiger partial charge in [-0.05, 0) is 36.8 Å². The lowest BCUT2D eigenvalue weighted by Crippen LogP contribution is -2.21. The van der Waals surface area contributed by atoms with Crippen molar-refractivity contribution in [1.82, 2.24) is 0 Å². The Kier molecular flexibility index (Phi) is 5.14. The number of phenols is 1. The number of phenolic OH excluding ortho intramolecular Hbond substituents is 1. The number of carbonyl (C=O) groups is 2. The maximum absolute atomic E-state index is 11.7. The molecule has 0 spiro atoms. The minimum absolute atomic E-state index is 0.0537. The molecule has 2 aromatic carbocycles. The number of rotatable bonds is 5. The highest BCUT2D eigenvalue weighted by molar-refractivity contribution is 5.92. The van der Waals surface area contributed by atoms with Crippen molar-refractivity contribution in [2.45, 2.75) is 13.3 Å². The molecular weight excluding hydrogens is 282 g/mol. The molecule has 0 radical (unpaired) electrons. The molecule has 0 unspecified atom stereocenters. The van der Waals surface area contributed by atoms with Gasteiger partial charge in [-0.25, -0.2) is 0 Å². The third-order valence-electron chi connectivity index (χ3n) is 2.98. The summed E-state index contributed by atoms with van der Waals surface area (Å²) >= 11 is 0. The normalized spacial score (nSPS) is 10.0. The fourth-order valence-corrected chi connectivity index (χ4v) is 1.81. The van der Waals surface area contributed by atoms with Crippen LogP contribution < -0.4 is 5.32 Å². The van der Waals surface area contributed by atoms with Gasteiger partial charge in [-0.2, -0.15) is 0 Å². The van der Waals surface area contributed by atoms with Gasteiger partial charge in [0.25, 0.3) is 5.91 Å². The van der Waals surface area contributed by atoms with Gasteiger partial charge in [-0.1, -0.05) is 29.8 Å². The van der Waals surface area contributed by atoms with Gasteiger partial charge in [0.1, 0.15) is 5.75 Å². The number of esters is 1. The molecule has 5 nitrogen and oxygen atoms in total. The third kappa shape index (κ3) is 4.94. The van der Waals surface area contributed by atoms with Crippen molar-refractivity contribution in [3.05, 3.63) is 59.7 Å². The summed E-state index contributed by atoms with van der Waals surface area (Å²) in [6.07, 6.45) is 0.0537. The van der Waals surface area contributed by atoms with E-state index in [1.807, 2.05) is 19.1 Å². The average molecular weight is 299 g/mol. The Morgan fingerprint density at radius 2 is 1.68 bits per heavy atom. The van der Waals surface area contributed by atoms with E-state index in [0.717, 1.165) is 5.56 Å². The van der Waals surface area contributed by atoms with E-state index < -0.39 is 5.97 Å². The Hall–Kier alpha value is -2.82. The summed E-state index contributed by atoms with van der Waals surface area (Å²) in [5.41, 5.74) is 2.46. The van der Waals surface area contributed by atoms with Crippen LogP contribution in [0.3, 0.4) is 0 Å². The maximum atomic E-state index is 11.7. The second-order valence-corrected chi connectivity index (χ2v) is 4.92. The lowest BCUT2D eigenvalue weighted by atomic mass is 10.1. The quantitative estimate of drug-likeness (QED) is 0.831. The van der Waals surface area contributed by atoms with E-state index in [2.05, 4.69) is 5.32 Å². The summed E-state index contributed by atoms with van der Waals surface area (Å²) in [4.78, 5) is 23.3. The van der Waals surface area contributed by atoms with Crippen LogP contribution in [-0.4, -0.2) is 23.6 Å². The molecular formula is C17H17NO4. The van der Waals surface area contributed by atoms with Crippen molar-refractivity contribution in [3.63, 3.8) is 0 Å². The summed E-state index contributed by atoms with van der Waals surface area (Å²) < 4.78 is 4.92. The molecule has 114 valence electrons. The molecule has 0 aliphatic rings. The van der Waals surface area contributed by atoms with Crippen LogP contribution >= 0.6 is 0 Å². The van der Waals surface area contributed by atoms with E-state index in [0.29, 0.717) is 11.3 Å². The van der Waals surface area contributed by atoms with Crippen LogP contribution in [0.1, 0.15) is 11.1 Å². The minimum atomic E-state index is -0.496. The Morgan fingerprint density at radius 3 is 2.32 bits per heavy atom. The largest absolute Gasteiger partial charge is 0.508 e. The van der Waals surface area contributed by atoms with Crippen LogP contribution in [0, 0.1) is 6.92 Å². The SMILES string of the molecule is Cc1ccc(NC(=O)COC(=O)Cc2ccc(O)cc2)cc1. The molecule has 0 saturated heterocycles. The number of aryl methyl sites for hydroxylation is 1. The summed E-state index contributed by atoms with van der Waals surface area (Å²) in [6.45, 7) is 1.63. The van der Waals surface area contributed by atoms with Crippen molar-refractivity contribution in [2.75, 3.05) is 11.9 Å². The first-order chi connectivity index (χ1) is 10.5. The van der Waals surface area contributed by atoms with Crippen LogP contribution in [0.15, 0.2) is 48.5 Å². The third-order valence-corrected chi connectivity index (χ3v) is 2.98. The van der Waals surface area contributed by atoms with Gasteiger partial charge < -0.3 is 15.2 Å². The summed E-state index contributed by atoms with van der Waals surface area (Å²) in [5, 5.41) is 11.8. The van der Waals surface area contributed by atoms with Gasteiger partial charge in [0.15, 0.2) is 6.61 Å². The summed E-state index contributed by atoms with van der Waals surface area (Å²) in [7, 11) is 0. The van der Waals surface area contributed by atoms with Crippen LogP contribution in [0.25, 0.3) is 0 Å². The molecule has 0 aromatic heterocycles. The van der Waals surface area contributed by atoms with Gasteiger partial charge >= 0.3 is 5.97 Å². The number of nitrogens with one attached hydrogen (secondary N) is 1. The summed E-state index contributed by atoms with van der Waals surface area (Å²) in [6, 6.07) is 13.6. The number of hydrogen-bond donors (Lipinski definition) is 2. The van der Waals surface area contributed by atoms with E-state index in [1.54, 1.807) is 24.3 Å². The second-order valence-electron chi connectivity index (χ2n) is 4.92. The highest BCUT2D eigenvalue weighted by Crippen LogP contribution is 2.11. The van der Waals surface area contributed by atoms with Crippen LogP contribution in [-0.2, 0) is 20.7 Å². The number of hydrogen-bond acceptors (Lipinski definition) is 4. The Bertz CT molecular complexity index is 588. The lowest BCUT2D eigenvalue weighted by molar-refractivity contribution is -0.146. The highest BCUT2D eigenvalue weighted by Gasteiger charge is 2.09. The summed E-state index contributed by atoms with van der Waals surface area (Å²) in [5.74, 6) is -0.748. The van der Waals surface area contributed by atoms with Crippen molar-refractivity contribution in [2.24, 2.45) is 0 Å². The number of ether oxygens (including phenoxy) is 1. The zero-order valence-corrected chi connectivity index (χ0v) is 12.2. The predicted molar refractivity (Wildman–Crippen MR) is 82.6 cm³/mol. The van der Waals surface area contributed by atoms with Crippen molar-refractivity contribution in [3.8, 4) is 5.75 Å². The van der Waals surface area contributed by atoms with Gasteiger partial charge in [0, 0.05) is 5.69 Å². The molecule has 0 heterocycles. The van der Waals surface area contributed by atoms with Crippen molar-refractivity contribution in [1.29, 1.82) is 0 Å². The number of aromatic hydroxyl groups is 1. The van der Waals surface area contributed by atoms with Crippen molar-refractivity contribution < 1.29 is 19.4 Å². The number of amides is 1. The molecule has 0 aliphatic heterocycles. The average Bonchev–Trinajstić information content (AvgIpc) is 2.50. The topological polar surface area (TPSA) is 75.6 Å². The van der Waals surface area contributed by atoms with Gasteiger partial charge in [-0.15, -0.1) is 0 Å². The van der Waals surface area contributed by atoms with E-state index in [4.69, 9.17) is 9.84 Å². The smallest absolute Gasteiger partial charge is 0.310 e. The molecule has 22 heavy (non-hydrogen) atoms. The van der Waals surface area contributed by atoms with Crippen LogP contribution in [0.4, 0.5) is 5.69 Å². The number of carbonyl (C=O) groups excluding carboxylic acids is 2. The van der Waals surface area contributed by atoms with E-state index >= 15 is 0 Å². The maximum Gasteiger partial charge on any atom is 0.310 e. The Balaban J connectivity index is 1.76. The predicted octanol–water partition coefficient (Wildman–Crippen LogP) is 2.43. The molecule has 2 aromatic rings. The molecule has 0 saturated carbocycles. The molecule has 2 N–H and O–H groups in total. The monoisotopic (exact) mass is 299 g/mol. The fraction of sp³-hybridized carbons (Fsp3) is 0.176. The first-order valence-corrected chi connectivity index (χ1v) is 6.83. The van der Waals surface area contributed by atoms with E-state index in [1.165, 1.54) is 12.1 Å². The first kappa shape index (κ1) is 15.6. The fourth-order valence-electron chi connectivity index (χ4n) is 1.81. The van der Waals surface area contributed by atoms with Crippen LogP contribution in [0.5, 0.6) is 5.75 Å². The van der Waals surface area contributed by atoms with Gasteiger partial charge in [0.2, 0.25) is 0 Å². The molecule has 0 fully saturated rings. The standard InChI is InChI=1S/C17H17NO4/c1-12-2-6-14(7-3-12)18-16(20)11-22-17(21)10-13-4-8-15(19)9-5-13/h2-9,19H,10-11H2,1H3,(H,18,20). The van der Waals surface area contributed by atoms with Gasteiger partial charge in [0.05, 0.1) is 6.42 Å². The molecule has 1 amide bonds. The molecule has 5 heteroatoms. The molecule has 0 atom stereocenters. The molecule has 2 rings (SSSR count). The highest BCUT2D eigenvalue weighted by atomic mass is 16.5. The van der Waals surface area contributed by atoms with E-state index in [9.17, 15) is 9.59 Å². The van der Waals surface area contributed by atoms with E-state index in [-0.39, 0.29) is 24.7 Å². The number of benzene rings is 2. The van der Waals surface area contributed by atoms with Crippen molar-refractivity contribution >= 4 is 17.6 Å². The zero-order valence-electron chi connectivity index (χ0n) is 12.2. The second kappa shape index (κ2) is 7.26. The minimum Gasteiger partial charge on any atom is -0.508 e. The Labute approximate surface area is 128 Å².